The Kier molecular flexibility index (Phi) is 65.3. The summed E-state index contributed by atoms with van der Waals surface area (Å²) in [5.74, 6) is -6.50. The zero-order valence-corrected chi connectivity index (χ0v) is 46.2. The predicted octanol–water partition coefficient (Wildman–Crippen LogP) is 3.53. The van der Waals surface area contributed by atoms with Gasteiger partial charge < -0.3 is 64.9 Å². The van der Waals surface area contributed by atoms with Gasteiger partial charge in [0.2, 0.25) is 0 Å². The minimum absolute atomic E-state index is 0. The molecule has 3 radical (unpaired) electrons. The number of carboxylic acid groups (broad SMARTS) is 6. The number of alkyl halides is 4. The third-order valence-electron chi connectivity index (χ3n) is 4.24. The summed E-state index contributed by atoms with van der Waals surface area (Å²) in [5.41, 5.74) is 2.99. The SMILES string of the molecule is CC(=O)[O-].CC(=O)[O-].CC(=O)[O-].CC(=O)[O-].CC(=O)[O-].CC(=O)[O-].ClCCl.ClCCl.F[P-](F)(F)(F)(F)F.[O-2].[Ru+3].[Ru+3].[Ru+3].c1ccc2ncncc2c1.c1ccc2ncncc2c1.c1ccc2ncncc2c1. The molecule has 0 amide bonds. The Bertz CT molecular complexity index is 1830. The van der Waals surface area contributed by atoms with E-state index in [9.17, 15) is 25.2 Å². The molecule has 0 bridgehead atoms. The molecule has 0 N–H and O–H groups in total. The minimum Gasteiger partial charge on any atom is -2.00 e. The summed E-state index contributed by atoms with van der Waals surface area (Å²) in [6.07, 6.45) is 10.1. The van der Waals surface area contributed by atoms with Gasteiger partial charge in [-0.1, -0.05) is 54.6 Å². The Morgan fingerprint density at radius 2 is 0.535 bits per heavy atom. The van der Waals surface area contributed by atoms with Crippen LogP contribution in [0.5, 0.6) is 0 Å². The zero-order chi connectivity index (χ0) is 53.7. The maximum atomic E-state index is 9.87. The average molecular weight is 1380 g/mol. The zero-order valence-electron chi connectivity index (χ0n) is 37.1. The Labute approximate surface area is 460 Å². The van der Waals surface area contributed by atoms with Gasteiger partial charge in [-0.15, -0.1) is 46.4 Å². The summed E-state index contributed by atoms with van der Waals surface area (Å²) in [4.78, 5) is 77.2. The largest absolute Gasteiger partial charge is 3.00 e. The molecular weight excluding hydrogens is 1340 g/mol. The molecule has 6 rings (SSSR count). The standard InChI is InChI=1S/3C8H6N2.6C2H4O2.2CH2Cl2.F6P.O.3Ru/c3*1-2-4-8-7(3-1)5-9-6-10-8;6*1-2(3)4;2*2-1-3;1-7(2,3,4,5)6;;;;/h3*1-6H;6*1H3,(H,3,4);2*1H2;;;;;/q;;;;;;;;;;;-1;-2;3*+3/p-6. The third-order valence-corrected chi connectivity index (χ3v) is 4.24. The number of aliphatic carboxylic acids is 6. The van der Waals surface area contributed by atoms with Crippen LogP contribution in [0.1, 0.15) is 41.5 Å². The van der Waals surface area contributed by atoms with Crippen LogP contribution in [-0.2, 0) is 92.7 Å². The molecule has 6 aromatic rings. The second kappa shape index (κ2) is 51.8. The Morgan fingerprint density at radius 3 is 0.662 bits per heavy atom. The van der Waals surface area contributed by atoms with E-state index < -0.39 is 43.6 Å². The van der Waals surface area contributed by atoms with Gasteiger partial charge in [-0.05, 0) is 59.7 Å². The van der Waals surface area contributed by atoms with Gasteiger partial charge in [0.15, 0.2) is 0 Å². The summed E-state index contributed by atoms with van der Waals surface area (Å²) < 4.78 is 59.2. The molecule has 0 spiro atoms. The number of para-hydroxylation sites is 3. The summed E-state index contributed by atoms with van der Waals surface area (Å²) in [5, 5.41) is 57.0. The van der Waals surface area contributed by atoms with Gasteiger partial charge >= 0.3 is 91.4 Å². The van der Waals surface area contributed by atoms with Crippen molar-refractivity contribution in [2.24, 2.45) is 0 Å². The molecule has 33 heteroatoms. The number of nitrogens with zero attached hydrogens (tertiary/aromatic N) is 6. The normalized spacial score (nSPS) is 9.13. The van der Waals surface area contributed by atoms with Crippen LogP contribution >= 0.6 is 54.2 Å². The molecule has 3 aromatic carbocycles. The van der Waals surface area contributed by atoms with Gasteiger partial charge in [-0.2, -0.15) is 0 Å². The molecule has 3 heterocycles. The van der Waals surface area contributed by atoms with E-state index in [1.807, 2.05) is 91.4 Å². The second-order valence-electron chi connectivity index (χ2n) is 10.4. The number of rotatable bonds is 0. The van der Waals surface area contributed by atoms with Gasteiger partial charge in [0.1, 0.15) is 19.0 Å². The fraction of sp³-hybridized carbons (Fsp3) is 0.211. The van der Waals surface area contributed by atoms with Crippen LogP contribution in [0.4, 0.5) is 25.2 Å². The molecule has 0 unspecified atom stereocenters. The van der Waals surface area contributed by atoms with Gasteiger partial charge in [0.25, 0.3) is 0 Å². The first-order chi connectivity index (χ1) is 30.6. The van der Waals surface area contributed by atoms with Gasteiger partial charge in [0, 0.05) is 70.6 Å². The molecule has 0 aliphatic carbocycles. The number of benzene rings is 3. The minimum atomic E-state index is -10.7. The quantitative estimate of drug-likeness (QED) is 0.0908. The maximum absolute atomic E-state index is 10.7. The van der Waals surface area contributed by atoms with E-state index in [0.717, 1.165) is 74.3 Å². The molecule has 71 heavy (non-hydrogen) atoms. The summed E-state index contributed by atoms with van der Waals surface area (Å²) in [7, 11) is -10.7. The molecule has 399 valence electrons. The van der Waals surface area contributed by atoms with Gasteiger partial charge in [0.05, 0.1) is 27.2 Å². The van der Waals surface area contributed by atoms with Crippen molar-refractivity contribution in [3.63, 3.8) is 0 Å². The summed E-state index contributed by atoms with van der Waals surface area (Å²) >= 11 is 19.1. The van der Waals surface area contributed by atoms with E-state index in [2.05, 4.69) is 29.9 Å². The number of hydrogen-bond donors (Lipinski definition) is 0. The first kappa shape index (κ1) is 89.4. The van der Waals surface area contributed by atoms with Crippen molar-refractivity contribution in [2.75, 3.05) is 10.7 Å². The average Bonchev–Trinajstić information content (AvgIpc) is 3.17. The smallest absolute Gasteiger partial charge is 2.00 e. The fourth-order valence-corrected chi connectivity index (χ4v) is 2.77. The predicted molar refractivity (Wildman–Crippen MR) is 230 cm³/mol. The molecule has 0 atom stereocenters. The van der Waals surface area contributed by atoms with Gasteiger partial charge in [-0.3, -0.25) is 0 Å². The first-order valence-electron chi connectivity index (χ1n) is 16.9. The van der Waals surface area contributed by atoms with Crippen LogP contribution in [0.25, 0.3) is 32.7 Å². The van der Waals surface area contributed by atoms with E-state index >= 15 is 0 Å². The second-order valence-corrected chi connectivity index (χ2v) is 13.9. The first-order valence-corrected chi connectivity index (χ1v) is 21.0. The van der Waals surface area contributed by atoms with Crippen molar-refractivity contribution in [2.45, 2.75) is 41.5 Å². The van der Waals surface area contributed by atoms with Crippen molar-refractivity contribution < 1.29 is 148 Å². The Morgan fingerprint density at radius 1 is 0.408 bits per heavy atom. The maximum Gasteiger partial charge on any atom is 3.00 e. The number of halogens is 10. The van der Waals surface area contributed by atoms with Crippen molar-refractivity contribution in [3.8, 4) is 0 Å². The number of carbonyl (C=O) groups is 6. The number of aromatic nitrogens is 6. The molecule has 19 nitrogen and oxygen atoms in total. The van der Waals surface area contributed by atoms with Crippen LogP contribution in [0, 0.1) is 0 Å². The van der Waals surface area contributed by atoms with E-state index in [0.29, 0.717) is 0 Å². The summed E-state index contributed by atoms with van der Waals surface area (Å²) in [6.45, 7) is 5.83. The number of carboxylic acids is 6. The molecule has 0 saturated carbocycles. The number of carbonyl (C=O) groups excluding carboxylic acids is 6. The van der Waals surface area contributed by atoms with Crippen molar-refractivity contribution in [3.05, 3.63) is 110 Å². The summed E-state index contributed by atoms with van der Waals surface area (Å²) in [6, 6.07) is 23.7. The number of hydrogen-bond acceptors (Lipinski definition) is 18. The van der Waals surface area contributed by atoms with Crippen LogP contribution in [0.3, 0.4) is 0 Å². The van der Waals surface area contributed by atoms with Crippen LogP contribution in [0.15, 0.2) is 110 Å². The van der Waals surface area contributed by atoms with Crippen LogP contribution < -0.4 is 30.6 Å². The topological polar surface area (TPSA) is 347 Å². The van der Waals surface area contributed by atoms with E-state index in [4.69, 9.17) is 106 Å². The molecular formula is C38H40Cl4F6N6O13PRu3. The molecule has 0 fully saturated rings. The molecule has 0 saturated heterocycles. The van der Waals surface area contributed by atoms with Crippen LogP contribution in [-0.4, -0.2) is 76.4 Å². The van der Waals surface area contributed by atoms with Crippen molar-refractivity contribution >= 4 is 123 Å². The fourth-order valence-electron chi connectivity index (χ4n) is 2.77. The number of fused-ring (bicyclic) bond motifs is 3. The Hall–Kier alpha value is -4.50. The third kappa shape index (κ3) is 108. The molecule has 0 aliphatic heterocycles. The van der Waals surface area contributed by atoms with E-state index in [1.54, 1.807) is 19.0 Å². The van der Waals surface area contributed by atoms with E-state index in [-0.39, 0.29) is 74.6 Å². The van der Waals surface area contributed by atoms with E-state index in [1.165, 1.54) is 0 Å². The monoisotopic (exact) mass is 1380 g/mol. The molecule has 3 aromatic heterocycles. The van der Waals surface area contributed by atoms with Crippen molar-refractivity contribution in [1.82, 2.24) is 29.9 Å². The van der Waals surface area contributed by atoms with Crippen molar-refractivity contribution in [1.29, 1.82) is 0 Å². The molecule has 0 aliphatic rings. The van der Waals surface area contributed by atoms with Crippen LogP contribution in [0.2, 0.25) is 0 Å². The Balaban J connectivity index is -0.0000000734. The van der Waals surface area contributed by atoms with Gasteiger partial charge in [-0.25, -0.2) is 29.9 Å².